The first-order valence-electron chi connectivity index (χ1n) is 8.42. The van der Waals surface area contributed by atoms with E-state index in [1.165, 1.54) is 4.90 Å². The topological polar surface area (TPSA) is 58.6 Å². The van der Waals surface area contributed by atoms with Crippen LogP contribution in [0.4, 0.5) is 11.4 Å². The lowest BCUT2D eigenvalue weighted by atomic mass is 10.0. The van der Waals surface area contributed by atoms with E-state index >= 15 is 0 Å². The zero-order valence-corrected chi connectivity index (χ0v) is 14.7. The number of ether oxygens (including phenoxy) is 1. The molecule has 1 atom stereocenters. The van der Waals surface area contributed by atoms with E-state index in [1.54, 1.807) is 19.1 Å². The van der Waals surface area contributed by atoms with Crippen molar-refractivity contribution in [2.24, 2.45) is 0 Å². The predicted molar refractivity (Wildman–Crippen MR) is 98.0 cm³/mol. The Morgan fingerprint density at radius 1 is 1.20 bits per heavy atom. The Kier molecular flexibility index (Phi) is 4.74. The van der Waals surface area contributed by atoms with E-state index < -0.39 is 6.10 Å². The maximum absolute atomic E-state index is 12.5. The van der Waals surface area contributed by atoms with Crippen molar-refractivity contribution in [3.05, 3.63) is 54.1 Å². The summed E-state index contributed by atoms with van der Waals surface area (Å²) in [6.45, 7) is 5.85. The molecule has 1 heterocycles. The average molecular weight is 338 g/mol. The highest BCUT2D eigenvalue weighted by molar-refractivity contribution is 6.06. The van der Waals surface area contributed by atoms with Crippen LogP contribution in [-0.4, -0.2) is 24.5 Å². The van der Waals surface area contributed by atoms with Gasteiger partial charge in [-0.15, -0.1) is 0 Å². The number of fused-ring (bicyclic) bond motifs is 1. The van der Waals surface area contributed by atoms with E-state index in [4.69, 9.17) is 4.74 Å². The second-order valence-corrected chi connectivity index (χ2v) is 6.48. The number of benzene rings is 2. The normalized spacial score (nSPS) is 16.4. The van der Waals surface area contributed by atoms with Gasteiger partial charge < -0.3 is 10.1 Å². The van der Waals surface area contributed by atoms with Gasteiger partial charge in [-0.1, -0.05) is 38.1 Å². The van der Waals surface area contributed by atoms with Gasteiger partial charge in [-0.2, -0.15) is 0 Å². The molecule has 1 N–H and O–H groups in total. The van der Waals surface area contributed by atoms with Crippen LogP contribution in [0.1, 0.15) is 32.3 Å². The van der Waals surface area contributed by atoms with Gasteiger partial charge in [0, 0.05) is 5.69 Å². The summed E-state index contributed by atoms with van der Waals surface area (Å²) >= 11 is 0. The summed E-state index contributed by atoms with van der Waals surface area (Å²) in [5.74, 6) is 0.539. The fraction of sp³-hybridized carbons (Fsp3) is 0.300. The van der Waals surface area contributed by atoms with Crippen LogP contribution in [0.3, 0.4) is 0 Å². The number of anilines is 2. The summed E-state index contributed by atoms with van der Waals surface area (Å²) in [6, 6.07) is 15.0. The molecule has 0 aromatic heterocycles. The van der Waals surface area contributed by atoms with E-state index in [9.17, 15) is 9.59 Å². The molecular formula is C20H22N2O3. The molecule has 0 fully saturated rings. The lowest BCUT2D eigenvalue weighted by Crippen LogP contribution is -2.47. The van der Waals surface area contributed by atoms with Crippen LogP contribution >= 0.6 is 0 Å². The Labute approximate surface area is 147 Å². The molecule has 0 spiro atoms. The average Bonchev–Trinajstić information content (AvgIpc) is 2.59. The molecule has 0 radical (unpaired) electrons. The lowest BCUT2D eigenvalue weighted by molar-refractivity contribution is -0.127. The van der Waals surface area contributed by atoms with Crippen molar-refractivity contribution in [1.29, 1.82) is 0 Å². The van der Waals surface area contributed by atoms with Crippen molar-refractivity contribution in [3.63, 3.8) is 0 Å². The number of nitrogens with zero attached hydrogens (tertiary/aromatic N) is 1. The Morgan fingerprint density at radius 2 is 1.96 bits per heavy atom. The first kappa shape index (κ1) is 17.0. The molecule has 5 nitrogen and oxygen atoms in total. The van der Waals surface area contributed by atoms with Crippen LogP contribution in [0, 0.1) is 0 Å². The van der Waals surface area contributed by atoms with E-state index in [0.29, 0.717) is 17.4 Å². The Bertz CT molecular complexity index is 801. The maximum atomic E-state index is 12.5. The summed E-state index contributed by atoms with van der Waals surface area (Å²) in [6.07, 6.45) is -0.605. The van der Waals surface area contributed by atoms with Gasteiger partial charge in [0.15, 0.2) is 6.10 Å². The standard InChI is InChI=1S/C20H22N2O3/c1-13(2)15-7-6-8-16(11-15)21-19(23)12-22-17-9-4-5-10-18(17)25-14(3)20(22)24/h4-11,13-14H,12H2,1-3H3,(H,21,23). The smallest absolute Gasteiger partial charge is 0.268 e. The third-order valence-electron chi connectivity index (χ3n) is 4.21. The molecule has 5 heteroatoms. The van der Waals surface area contributed by atoms with Gasteiger partial charge in [-0.25, -0.2) is 0 Å². The molecule has 25 heavy (non-hydrogen) atoms. The largest absolute Gasteiger partial charge is 0.479 e. The maximum Gasteiger partial charge on any atom is 0.268 e. The van der Waals surface area contributed by atoms with E-state index in [2.05, 4.69) is 19.2 Å². The van der Waals surface area contributed by atoms with Gasteiger partial charge >= 0.3 is 0 Å². The summed E-state index contributed by atoms with van der Waals surface area (Å²) in [7, 11) is 0. The van der Waals surface area contributed by atoms with Crippen molar-refractivity contribution in [2.45, 2.75) is 32.8 Å². The molecule has 1 aliphatic rings. The molecule has 0 bridgehead atoms. The Morgan fingerprint density at radius 3 is 2.72 bits per heavy atom. The number of para-hydroxylation sites is 2. The summed E-state index contributed by atoms with van der Waals surface area (Å²) in [5.41, 5.74) is 2.51. The molecule has 2 amide bonds. The number of carbonyl (C=O) groups excluding carboxylic acids is 2. The van der Waals surface area contributed by atoms with Crippen molar-refractivity contribution in [3.8, 4) is 5.75 Å². The van der Waals surface area contributed by atoms with Crippen molar-refractivity contribution < 1.29 is 14.3 Å². The van der Waals surface area contributed by atoms with Gasteiger partial charge in [0.1, 0.15) is 12.3 Å². The number of hydrogen-bond acceptors (Lipinski definition) is 3. The SMILES string of the molecule is CC1Oc2ccccc2N(CC(=O)Nc2cccc(C(C)C)c2)C1=O. The number of carbonyl (C=O) groups is 2. The van der Waals surface area contributed by atoms with Crippen LogP contribution in [0.15, 0.2) is 48.5 Å². The molecule has 0 saturated carbocycles. The summed E-state index contributed by atoms with van der Waals surface area (Å²) in [4.78, 5) is 26.4. The minimum atomic E-state index is -0.605. The first-order chi connectivity index (χ1) is 12.0. The van der Waals surface area contributed by atoms with Crippen molar-refractivity contribution in [1.82, 2.24) is 0 Å². The molecule has 1 unspecified atom stereocenters. The molecule has 130 valence electrons. The summed E-state index contributed by atoms with van der Waals surface area (Å²) < 4.78 is 5.59. The highest BCUT2D eigenvalue weighted by atomic mass is 16.5. The Hall–Kier alpha value is -2.82. The van der Waals surface area contributed by atoms with E-state index in [-0.39, 0.29) is 18.4 Å². The quantitative estimate of drug-likeness (QED) is 0.927. The predicted octanol–water partition coefficient (Wildman–Crippen LogP) is 3.56. The van der Waals surface area contributed by atoms with Gasteiger partial charge in [-0.05, 0) is 42.7 Å². The molecule has 0 aliphatic carbocycles. The molecule has 2 aromatic carbocycles. The van der Waals surface area contributed by atoms with Gasteiger partial charge in [0.2, 0.25) is 5.91 Å². The zero-order chi connectivity index (χ0) is 18.0. The monoisotopic (exact) mass is 338 g/mol. The lowest BCUT2D eigenvalue weighted by Gasteiger charge is -2.32. The Balaban J connectivity index is 1.76. The number of nitrogens with one attached hydrogen (secondary N) is 1. The van der Waals surface area contributed by atoms with Crippen LogP contribution < -0.4 is 15.0 Å². The van der Waals surface area contributed by atoms with Crippen LogP contribution in [0.25, 0.3) is 0 Å². The second-order valence-electron chi connectivity index (χ2n) is 6.48. The molecule has 3 rings (SSSR count). The zero-order valence-electron chi connectivity index (χ0n) is 14.7. The highest BCUT2D eigenvalue weighted by Crippen LogP contribution is 2.33. The second kappa shape index (κ2) is 6.97. The molecule has 1 aliphatic heterocycles. The molecular weight excluding hydrogens is 316 g/mol. The third-order valence-corrected chi connectivity index (χ3v) is 4.21. The number of amides is 2. The fourth-order valence-electron chi connectivity index (χ4n) is 2.84. The van der Waals surface area contributed by atoms with Gasteiger partial charge in [0.05, 0.1) is 5.69 Å². The van der Waals surface area contributed by atoms with E-state index in [0.717, 1.165) is 11.3 Å². The van der Waals surface area contributed by atoms with Crippen molar-refractivity contribution >= 4 is 23.2 Å². The first-order valence-corrected chi connectivity index (χ1v) is 8.42. The number of rotatable bonds is 4. The highest BCUT2D eigenvalue weighted by Gasteiger charge is 2.32. The minimum absolute atomic E-state index is 0.0462. The molecule has 0 saturated heterocycles. The fourth-order valence-corrected chi connectivity index (χ4v) is 2.84. The summed E-state index contributed by atoms with van der Waals surface area (Å²) in [5, 5.41) is 2.88. The third kappa shape index (κ3) is 3.65. The minimum Gasteiger partial charge on any atom is -0.479 e. The van der Waals surface area contributed by atoms with E-state index in [1.807, 2.05) is 36.4 Å². The van der Waals surface area contributed by atoms with Crippen LogP contribution in [0.5, 0.6) is 5.75 Å². The molecule has 2 aromatic rings. The van der Waals surface area contributed by atoms with Crippen LogP contribution in [0.2, 0.25) is 0 Å². The van der Waals surface area contributed by atoms with Crippen LogP contribution in [-0.2, 0) is 9.59 Å². The van der Waals surface area contributed by atoms with Gasteiger partial charge in [-0.3, -0.25) is 14.5 Å². The van der Waals surface area contributed by atoms with Gasteiger partial charge in [0.25, 0.3) is 5.91 Å². The number of hydrogen-bond donors (Lipinski definition) is 1. The van der Waals surface area contributed by atoms with Crippen molar-refractivity contribution in [2.75, 3.05) is 16.8 Å².